The molecule has 0 aliphatic carbocycles. The zero-order chi connectivity index (χ0) is 9.52. The molecule has 6 heteroatoms. The molecule has 0 bridgehead atoms. The largest absolute Gasteiger partial charge is 0.464 e. The van der Waals surface area contributed by atoms with Crippen molar-refractivity contribution in [3.05, 3.63) is 0 Å². The van der Waals surface area contributed by atoms with E-state index in [0.717, 1.165) is 32.8 Å². The first-order valence-corrected chi connectivity index (χ1v) is 4.31. The zero-order valence-corrected chi connectivity index (χ0v) is 7.45. The summed E-state index contributed by atoms with van der Waals surface area (Å²) < 4.78 is 5.17. The van der Waals surface area contributed by atoms with E-state index >= 15 is 0 Å². The van der Waals surface area contributed by atoms with Crippen LogP contribution in [-0.4, -0.2) is 55.5 Å². The van der Waals surface area contributed by atoms with Crippen molar-refractivity contribution in [1.29, 1.82) is 0 Å². The Morgan fingerprint density at radius 2 is 2.15 bits per heavy atom. The highest BCUT2D eigenvalue weighted by molar-refractivity contribution is 5.63. The van der Waals surface area contributed by atoms with Crippen molar-refractivity contribution in [3.63, 3.8) is 0 Å². The van der Waals surface area contributed by atoms with Crippen molar-refractivity contribution in [2.75, 3.05) is 39.4 Å². The summed E-state index contributed by atoms with van der Waals surface area (Å²) in [7, 11) is 0. The Bertz CT molecular complexity index is 159. The number of rotatable bonds is 4. The van der Waals surface area contributed by atoms with Crippen molar-refractivity contribution >= 4 is 6.09 Å². The van der Waals surface area contributed by atoms with E-state index in [1.165, 1.54) is 0 Å². The van der Waals surface area contributed by atoms with Crippen LogP contribution in [0.1, 0.15) is 0 Å². The van der Waals surface area contributed by atoms with Crippen LogP contribution in [0.25, 0.3) is 0 Å². The third-order valence-electron chi connectivity index (χ3n) is 1.85. The van der Waals surface area contributed by atoms with Gasteiger partial charge >= 0.3 is 6.09 Å². The standard InChI is InChI=1S/C7H15N3O3/c11-7(12)9-8-1-2-10-3-5-13-6-4-10/h8-9H,1-6H2,(H,11,12). The molecule has 1 fully saturated rings. The molecule has 0 atom stereocenters. The van der Waals surface area contributed by atoms with Crippen LogP contribution in [0, 0.1) is 0 Å². The summed E-state index contributed by atoms with van der Waals surface area (Å²) in [4.78, 5) is 12.3. The smallest absolute Gasteiger partial charge is 0.419 e. The molecular formula is C7H15N3O3. The Morgan fingerprint density at radius 1 is 1.46 bits per heavy atom. The number of nitrogens with zero attached hydrogens (tertiary/aromatic N) is 1. The lowest BCUT2D eigenvalue weighted by Crippen LogP contribution is -2.44. The molecular weight excluding hydrogens is 174 g/mol. The number of carboxylic acid groups (broad SMARTS) is 1. The van der Waals surface area contributed by atoms with Gasteiger partial charge in [0.1, 0.15) is 0 Å². The fourth-order valence-corrected chi connectivity index (χ4v) is 1.18. The molecule has 13 heavy (non-hydrogen) atoms. The van der Waals surface area contributed by atoms with Gasteiger partial charge in [0.15, 0.2) is 0 Å². The van der Waals surface area contributed by atoms with Gasteiger partial charge in [0.2, 0.25) is 0 Å². The summed E-state index contributed by atoms with van der Waals surface area (Å²) in [6.45, 7) is 4.85. The normalized spacial score (nSPS) is 18.5. The molecule has 3 N–H and O–H groups in total. The number of ether oxygens (including phenoxy) is 1. The van der Waals surface area contributed by atoms with E-state index < -0.39 is 6.09 Å². The van der Waals surface area contributed by atoms with Crippen LogP contribution in [0.4, 0.5) is 4.79 Å². The minimum Gasteiger partial charge on any atom is -0.464 e. The highest BCUT2D eigenvalue weighted by Crippen LogP contribution is 1.94. The van der Waals surface area contributed by atoms with Crippen molar-refractivity contribution in [2.24, 2.45) is 0 Å². The molecule has 1 saturated heterocycles. The van der Waals surface area contributed by atoms with Gasteiger partial charge in [-0.2, -0.15) is 0 Å². The number of hydrogen-bond donors (Lipinski definition) is 3. The van der Waals surface area contributed by atoms with Crippen molar-refractivity contribution in [3.8, 4) is 0 Å². The Hall–Kier alpha value is -0.850. The van der Waals surface area contributed by atoms with Gasteiger partial charge in [0, 0.05) is 26.2 Å². The monoisotopic (exact) mass is 189 g/mol. The van der Waals surface area contributed by atoms with Crippen LogP contribution in [-0.2, 0) is 4.74 Å². The van der Waals surface area contributed by atoms with Crippen LogP contribution >= 0.6 is 0 Å². The van der Waals surface area contributed by atoms with E-state index in [2.05, 4.69) is 15.8 Å². The Kier molecular flexibility index (Phi) is 4.52. The Morgan fingerprint density at radius 3 is 2.77 bits per heavy atom. The summed E-state index contributed by atoms with van der Waals surface area (Å²) in [6.07, 6.45) is -1.05. The van der Waals surface area contributed by atoms with Crippen LogP contribution in [0.5, 0.6) is 0 Å². The van der Waals surface area contributed by atoms with Crippen molar-refractivity contribution in [1.82, 2.24) is 15.8 Å². The van der Waals surface area contributed by atoms with Gasteiger partial charge in [-0.3, -0.25) is 10.3 Å². The van der Waals surface area contributed by atoms with E-state index in [9.17, 15) is 4.79 Å². The predicted molar refractivity (Wildman–Crippen MR) is 46.4 cm³/mol. The molecule has 1 heterocycles. The minimum atomic E-state index is -1.05. The molecule has 0 aromatic carbocycles. The van der Waals surface area contributed by atoms with Gasteiger partial charge in [-0.1, -0.05) is 0 Å². The second-order valence-electron chi connectivity index (χ2n) is 2.81. The average molecular weight is 189 g/mol. The Labute approximate surface area is 76.8 Å². The topological polar surface area (TPSA) is 73.8 Å². The summed E-state index contributed by atoms with van der Waals surface area (Å²) in [6, 6.07) is 0. The molecule has 0 aromatic rings. The van der Waals surface area contributed by atoms with Crippen LogP contribution < -0.4 is 10.9 Å². The second-order valence-corrected chi connectivity index (χ2v) is 2.81. The van der Waals surface area contributed by atoms with Gasteiger partial charge < -0.3 is 9.84 Å². The number of morpholine rings is 1. The predicted octanol–water partition coefficient (Wildman–Crippen LogP) is -0.909. The summed E-state index contributed by atoms with van der Waals surface area (Å²) in [5.74, 6) is 0. The summed E-state index contributed by atoms with van der Waals surface area (Å²) in [5, 5.41) is 8.24. The highest BCUT2D eigenvalue weighted by atomic mass is 16.5. The third kappa shape index (κ3) is 4.66. The summed E-state index contributed by atoms with van der Waals surface area (Å²) in [5.41, 5.74) is 4.69. The maximum absolute atomic E-state index is 10.0. The maximum Gasteiger partial charge on any atom is 0.419 e. The van der Waals surface area contributed by atoms with E-state index in [-0.39, 0.29) is 0 Å². The van der Waals surface area contributed by atoms with Crippen LogP contribution in [0.2, 0.25) is 0 Å². The highest BCUT2D eigenvalue weighted by Gasteiger charge is 2.08. The Balaban J connectivity index is 1.95. The van der Waals surface area contributed by atoms with Gasteiger partial charge in [0.25, 0.3) is 0 Å². The quantitative estimate of drug-likeness (QED) is 0.394. The van der Waals surface area contributed by atoms with Gasteiger partial charge in [-0.05, 0) is 0 Å². The van der Waals surface area contributed by atoms with E-state index in [4.69, 9.17) is 9.84 Å². The number of nitrogens with one attached hydrogen (secondary N) is 2. The molecule has 6 nitrogen and oxygen atoms in total. The fraction of sp³-hybridized carbons (Fsp3) is 0.857. The van der Waals surface area contributed by atoms with E-state index in [0.29, 0.717) is 6.54 Å². The molecule has 0 radical (unpaired) electrons. The van der Waals surface area contributed by atoms with Gasteiger partial charge in [0.05, 0.1) is 13.2 Å². The van der Waals surface area contributed by atoms with Crippen molar-refractivity contribution < 1.29 is 14.6 Å². The molecule has 0 unspecified atom stereocenters. The third-order valence-corrected chi connectivity index (χ3v) is 1.85. The van der Waals surface area contributed by atoms with Crippen LogP contribution in [0.3, 0.4) is 0 Å². The van der Waals surface area contributed by atoms with Crippen LogP contribution in [0.15, 0.2) is 0 Å². The van der Waals surface area contributed by atoms with E-state index in [1.807, 2.05) is 0 Å². The first kappa shape index (κ1) is 10.2. The second kappa shape index (κ2) is 5.74. The SMILES string of the molecule is O=C(O)NNCCN1CCOCC1. The molecule has 0 aromatic heterocycles. The minimum absolute atomic E-state index is 0.617. The van der Waals surface area contributed by atoms with E-state index in [1.54, 1.807) is 0 Å². The molecule has 1 aliphatic heterocycles. The number of amides is 1. The molecule has 0 saturated carbocycles. The molecule has 0 spiro atoms. The zero-order valence-electron chi connectivity index (χ0n) is 7.45. The first-order valence-electron chi connectivity index (χ1n) is 4.31. The summed E-state index contributed by atoms with van der Waals surface area (Å²) >= 11 is 0. The number of carbonyl (C=O) groups is 1. The maximum atomic E-state index is 10.0. The average Bonchev–Trinajstić information content (AvgIpc) is 2.14. The lowest BCUT2D eigenvalue weighted by Gasteiger charge is -2.26. The van der Waals surface area contributed by atoms with Crippen molar-refractivity contribution in [2.45, 2.75) is 0 Å². The number of hydrazine groups is 1. The lowest BCUT2D eigenvalue weighted by atomic mass is 10.4. The molecule has 76 valence electrons. The lowest BCUT2D eigenvalue weighted by molar-refractivity contribution is 0.0380. The molecule has 1 rings (SSSR count). The fourth-order valence-electron chi connectivity index (χ4n) is 1.18. The molecule has 1 aliphatic rings. The number of hydrogen-bond acceptors (Lipinski definition) is 4. The molecule has 1 amide bonds. The van der Waals surface area contributed by atoms with Gasteiger partial charge in [-0.25, -0.2) is 10.2 Å². The van der Waals surface area contributed by atoms with Gasteiger partial charge in [-0.15, -0.1) is 0 Å². The first-order chi connectivity index (χ1) is 6.29.